The van der Waals surface area contributed by atoms with Gasteiger partial charge >= 0.3 is 0 Å². The van der Waals surface area contributed by atoms with Gasteiger partial charge in [0.05, 0.1) is 5.69 Å². The number of carbonyl (C=O) groups is 1. The van der Waals surface area contributed by atoms with E-state index in [0.717, 1.165) is 5.56 Å². The van der Waals surface area contributed by atoms with Gasteiger partial charge in [0.2, 0.25) is 0 Å². The number of nitrogens with zero attached hydrogens (tertiary/aromatic N) is 3. The van der Waals surface area contributed by atoms with E-state index in [4.69, 9.17) is 11.6 Å². The first-order chi connectivity index (χ1) is 13.0. The summed E-state index contributed by atoms with van der Waals surface area (Å²) in [4.78, 5) is 13.9. The molecule has 0 saturated heterocycles. The summed E-state index contributed by atoms with van der Waals surface area (Å²) in [5.74, 6) is -0.580. The highest BCUT2D eigenvalue weighted by atomic mass is 35.5. The van der Waals surface area contributed by atoms with E-state index in [1.807, 2.05) is 13.0 Å². The smallest absolute Gasteiger partial charge is 0.255 e. The number of halogens is 2. The van der Waals surface area contributed by atoms with Gasteiger partial charge in [-0.1, -0.05) is 17.7 Å². The lowest BCUT2D eigenvalue weighted by molar-refractivity contribution is 0.102. The number of aryl methyl sites for hydroxylation is 1. The molecule has 1 amide bonds. The van der Waals surface area contributed by atoms with Gasteiger partial charge in [-0.15, -0.1) is 10.2 Å². The number of nitrogens with one attached hydrogen (secondary N) is 1. The van der Waals surface area contributed by atoms with Crippen molar-refractivity contribution in [2.45, 2.75) is 6.92 Å². The first-order valence-electron chi connectivity index (χ1n) is 8.20. The molecule has 0 spiro atoms. The molecule has 0 aliphatic rings. The van der Waals surface area contributed by atoms with Crippen molar-refractivity contribution in [2.24, 2.45) is 0 Å². The molecule has 4 aromatic rings. The van der Waals surface area contributed by atoms with Crippen LogP contribution >= 0.6 is 11.6 Å². The lowest BCUT2D eigenvalue weighted by Crippen LogP contribution is -2.12. The number of aromatic nitrogens is 3. The molecule has 0 aliphatic carbocycles. The molecule has 7 heteroatoms. The summed E-state index contributed by atoms with van der Waals surface area (Å²) in [6.45, 7) is 1.88. The summed E-state index contributed by atoms with van der Waals surface area (Å²) in [7, 11) is 0. The molecule has 4 rings (SSSR count). The predicted octanol–water partition coefficient (Wildman–Crippen LogP) is 4.77. The van der Waals surface area contributed by atoms with Crippen LogP contribution in [-0.2, 0) is 0 Å². The van der Waals surface area contributed by atoms with Gasteiger partial charge in [0.25, 0.3) is 5.91 Å². The lowest BCUT2D eigenvalue weighted by atomic mass is 10.1. The van der Waals surface area contributed by atoms with Crippen LogP contribution in [0.4, 0.5) is 10.1 Å². The number of rotatable bonds is 3. The molecule has 1 aromatic heterocycles. The quantitative estimate of drug-likeness (QED) is 0.556. The van der Waals surface area contributed by atoms with E-state index in [-0.39, 0.29) is 11.7 Å². The van der Waals surface area contributed by atoms with E-state index < -0.39 is 0 Å². The summed E-state index contributed by atoms with van der Waals surface area (Å²) in [5, 5.41) is 12.2. The topological polar surface area (TPSA) is 59.8 Å². The minimum absolute atomic E-state index is 0.258. The van der Waals surface area contributed by atoms with Gasteiger partial charge in [-0.25, -0.2) is 4.39 Å². The van der Waals surface area contributed by atoms with Gasteiger partial charge in [-0.05, 0) is 67.1 Å². The van der Waals surface area contributed by atoms with E-state index >= 15 is 0 Å². The van der Waals surface area contributed by atoms with Crippen LogP contribution in [-0.4, -0.2) is 20.9 Å². The number of anilines is 1. The molecule has 1 heterocycles. The molecule has 0 atom stereocenters. The Hall–Kier alpha value is -3.25. The molecule has 134 valence electrons. The van der Waals surface area contributed by atoms with Crippen LogP contribution in [0, 0.1) is 12.7 Å². The van der Waals surface area contributed by atoms with Gasteiger partial charge in [0.15, 0.2) is 0 Å². The molecule has 3 aromatic carbocycles. The third kappa shape index (κ3) is 3.52. The monoisotopic (exact) mass is 380 g/mol. The van der Waals surface area contributed by atoms with E-state index in [0.29, 0.717) is 33.0 Å². The van der Waals surface area contributed by atoms with Crippen LogP contribution in [0.1, 0.15) is 15.9 Å². The Morgan fingerprint density at radius 3 is 2.44 bits per heavy atom. The second-order valence-electron chi connectivity index (χ2n) is 6.09. The molecular weight excluding hydrogens is 367 g/mol. The normalized spacial score (nSPS) is 10.9. The Morgan fingerprint density at radius 2 is 1.74 bits per heavy atom. The van der Waals surface area contributed by atoms with Crippen LogP contribution < -0.4 is 5.32 Å². The number of carbonyl (C=O) groups excluding carboxylic acids is 1. The lowest BCUT2D eigenvalue weighted by Gasteiger charge is -2.08. The Balaban J connectivity index is 1.67. The first-order valence-corrected chi connectivity index (χ1v) is 8.58. The largest absolute Gasteiger partial charge is 0.322 e. The molecule has 5 nitrogen and oxygen atoms in total. The standard InChI is InChI=1S/C20H14ClFN4O/c1-12-9-18-19(25-26(24-18)16-7-5-15(22)6-8-16)11-17(12)23-20(27)13-3-2-4-14(21)10-13/h2-11H,1H3,(H,23,27). The highest BCUT2D eigenvalue weighted by Gasteiger charge is 2.12. The summed E-state index contributed by atoms with van der Waals surface area (Å²) < 4.78 is 13.1. The van der Waals surface area contributed by atoms with Crippen molar-refractivity contribution in [3.05, 3.63) is 82.6 Å². The molecule has 0 unspecified atom stereocenters. The Bertz CT molecular complexity index is 1150. The summed E-state index contributed by atoms with van der Waals surface area (Å²) in [6.07, 6.45) is 0. The molecule has 0 bridgehead atoms. The predicted molar refractivity (Wildman–Crippen MR) is 103 cm³/mol. The van der Waals surface area contributed by atoms with Crippen molar-refractivity contribution < 1.29 is 9.18 Å². The zero-order chi connectivity index (χ0) is 19.0. The summed E-state index contributed by atoms with van der Waals surface area (Å²) >= 11 is 5.95. The molecule has 0 aliphatic heterocycles. The minimum atomic E-state index is -0.322. The zero-order valence-electron chi connectivity index (χ0n) is 14.3. The molecule has 27 heavy (non-hydrogen) atoms. The van der Waals surface area contributed by atoms with Gasteiger partial charge < -0.3 is 5.32 Å². The van der Waals surface area contributed by atoms with Crippen LogP contribution in [0.25, 0.3) is 16.7 Å². The van der Waals surface area contributed by atoms with Crippen molar-refractivity contribution in [3.8, 4) is 5.69 Å². The van der Waals surface area contributed by atoms with E-state index in [1.165, 1.54) is 16.9 Å². The second-order valence-corrected chi connectivity index (χ2v) is 6.52. The van der Waals surface area contributed by atoms with Gasteiger partial charge in [-0.2, -0.15) is 4.80 Å². The zero-order valence-corrected chi connectivity index (χ0v) is 15.0. The van der Waals surface area contributed by atoms with Crippen molar-refractivity contribution in [1.82, 2.24) is 15.0 Å². The molecular formula is C20H14ClFN4O. The fraction of sp³-hybridized carbons (Fsp3) is 0.0500. The van der Waals surface area contributed by atoms with Crippen molar-refractivity contribution in [2.75, 3.05) is 5.32 Å². The van der Waals surface area contributed by atoms with Gasteiger partial charge in [0, 0.05) is 16.3 Å². The Kier molecular flexibility index (Phi) is 4.33. The Labute approximate surface area is 159 Å². The minimum Gasteiger partial charge on any atom is -0.322 e. The SMILES string of the molecule is Cc1cc2nn(-c3ccc(F)cc3)nc2cc1NC(=O)c1cccc(Cl)c1. The number of amides is 1. The summed E-state index contributed by atoms with van der Waals surface area (Å²) in [6, 6.07) is 16.2. The van der Waals surface area contributed by atoms with Crippen LogP contribution in [0.3, 0.4) is 0 Å². The fourth-order valence-electron chi connectivity index (χ4n) is 2.72. The van der Waals surface area contributed by atoms with Crippen molar-refractivity contribution >= 4 is 34.2 Å². The van der Waals surface area contributed by atoms with Gasteiger partial charge in [-0.3, -0.25) is 4.79 Å². The maximum absolute atomic E-state index is 13.1. The van der Waals surface area contributed by atoms with E-state index in [1.54, 1.807) is 42.5 Å². The van der Waals surface area contributed by atoms with E-state index in [2.05, 4.69) is 15.5 Å². The average molecular weight is 381 g/mol. The average Bonchev–Trinajstić information content (AvgIpc) is 3.05. The third-order valence-corrected chi connectivity index (χ3v) is 4.35. The first kappa shape index (κ1) is 17.2. The summed E-state index contributed by atoms with van der Waals surface area (Å²) in [5.41, 5.74) is 3.90. The number of hydrogen-bond donors (Lipinski definition) is 1. The maximum Gasteiger partial charge on any atom is 0.255 e. The Morgan fingerprint density at radius 1 is 1.04 bits per heavy atom. The van der Waals surface area contributed by atoms with Crippen LogP contribution in [0.15, 0.2) is 60.7 Å². The molecule has 0 radical (unpaired) electrons. The maximum atomic E-state index is 13.1. The van der Waals surface area contributed by atoms with Gasteiger partial charge in [0.1, 0.15) is 16.9 Å². The molecule has 0 saturated carbocycles. The fourth-order valence-corrected chi connectivity index (χ4v) is 2.91. The third-order valence-electron chi connectivity index (χ3n) is 4.12. The van der Waals surface area contributed by atoms with Crippen molar-refractivity contribution in [1.29, 1.82) is 0 Å². The van der Waals surface area contributed by atoms with Crippen molar-refractivity contribution in [3.63, 3.8) is 0 Å². The molecule has 0 fully saturated rings. The molecule has 1 N–H and O–H groups in total. The second kappa shape index (κ2) is 6.81. The number of benzene rings is 3. The number of hydrogen-bond acceptors (Lipinski definition) is 3. The highest BCUT2D eigenvalue weighted by Crippen LogP contribution is 2.23. The highest BCUT2D eigenvalue weighted by molar-refractivity contribution is 6.31. The van der Waals surface area contributed by atoms with Crippen LogP contribution in [0.2, 0.25) is 5.02 Å². The van der Waals surface area contributed by atoms with E-state index in [9.17, 15) is 9.18 Å². The number of fused-ring (bicyclic) bond motifs is 1. The van der Waals surface area contributed by atoms with Crippen LogP contribution in [0.5, 0.6) is 0 Å².